The summed E-state index contributed by atoms with van der Waals surface area (Å²) in [6.07, 6.45) is 5.37. The van der Waals surface area contributed by atoms with Gasteiger partial charge in [-0.15, -0.1) is 0 Å². The van der Waals surface area contributed by atoms with Gasteiger partial charge in [0.2, 0.25) is 5.90 Å². The minimum atomic E-state index is -0.365. The zero-order chi connectivity index (χ0) is 21.4. The highest BCUT2D eigenvalue weighted by molar-refractivity contribution is 6.33. The number of likely N-dealkylation sites (tertiary alicyclic amines) is 1. The SMILES string of the molecule is C=C(CN1CCC(CC(=O)c2ccccc2Cl)CC1)C(=N/C=C\N)OC(C)(C)C. The van der Waals surface area contributed by atoms with E-state index >= 15 is 0 Å². The molecule has 1 heterocycles. The molecule has 1 saturated heterocycles. The van der Waals surface area contributed by atoms with Gasteiger partial charge >= 0.3 is 0 Å². The summed E-state index contributed by atoms with van der Waals surface area (Å²) >= 11 is 6.15. The molecule has 2 N–H and O–H groups in total. The van der Waals surface area contributed by atoms with E-state index in [9.17, 15) is 4.79 Å². The van der Waals surface area contributed by atoms with Crippen molar-refractivity contribution in [1.29, 1.82) is 0 Å². The zero-order valence-corrected chi connectivity index (χ0v) is 18.4. The molecule has 5 nitrogen and oxygen atoms in total. The lowest BCUT2D eigenvalue weighted by Crippen LogP contribution is -2.37. The number of carbonyl (C=O) groups excluding carboxylic acids is 1. The molecule has 2 rings (SSSR count). The van der Waals surface area contributed by atoms with E-state index in [2.05, 4.69) is 16.5 Å². The van der Waals surface area contributed by atoms with Gasteiger partial charge in [-0.3, -0.25) is 9.69 Å². The second kappa shape index (κ2) is 10.6. The van der Waals surface area contributed by atoms with Crippen LogP contribution in [0.2, 0.25) is 5.02 Å². The topological polar surface area (TPSA) is 67.9 Å². The Balaban J connectivity index is 1.87. The molecular formula is C23H32ClN3O2. The van der Waals surface area contributed by atoms with E-state index < -0.39 is 0 Å². The zero-order valence-electron chi connectivity index (χ0n) is 17.7. The second-order valence-corrected chi connectivity index (χ2v) is 8.83. The molecule has 0 amide bonds. The Labute approximate surface area is 179 Å². The summed E-state index contributed by atoms with van der Waals surface area (Å²) in [7, 11) is 0. The number of hydrogen-bond acceptors (Lipinski definition) is 5. The second-order valence-electron chi connectivity index (χ2n) is 8.42. The fraction of sp³-hybridized carbons (Fsp3) is 0.478. The van der Waals surface area contributed by atoms with Crippen molar-refractivity contribution < 1.29 is 9.53 Å². The van der Waals surface area contributed by atoms with Gasteiger partial charge in [0, 0.05) is 36.5 Å². The molecule has 0 bridgehead atoms. The molecule has 0 spiro atoms. The maximum absolute atomic E-state index is 12.6. The smallest absolute Gasteiger partial charge is 0.217 e. The van der Waals surface area contributed by atoms with E-state index in [-0.39, 0.29) is 11.4 Å². The van der Waals surface area contributed by atoms with Crippen molar-refractivity contribution in [1.82, 2.24) is 4.90 Å². The molecule has 1 aliphatic heterocycles. The molecule has 1 aliphatic rings. The highest BCUT2D eigenvalue weighted by Crippen LogP contribution is 2.25. The van der Waals surface area contributed by atoms with Crippen LogP contribution in [0.3, 0.4) is 0 Å². The van der Waals surface area contributed by atoms with Gasteiger partial charge in [-0.2, -0.15) is 0 Å². The minimum Gasteiger partial charge on any atom is -0.472 e. The van der Waals surface area contributed by atoms with Crippen molar-refractivity contribution in [3.05, 3.63) is 59.4 Å². The van der Waals surface area contributed by atoms with Crippen LogP contribution in [0.5, 0.6) is 0 Å². The number of piperidine rings is 1. The molecular weight excluding hydrogens is 386 g/mol. The fourth-order valence-electron chi connectivity index (χ4n) is 3.34. The molecule has 1 fully saturated rings. The summed E-state index contributed by atoms with van der Waals surface area (Å²) in [6.45, 7) is 12.6. The Morgan fingerprint density at radius 2 is 2.00 bits per heavy atom. The minimum absolute atomic E-state index is 0.125. The third-order valence-corrected chi connectivity index (χ3v) is 5.08. The number of nitrogens with two attached hydrogens (primary N) is 1. The molecule has 1 aromatic rings. The summed E-state index contributed by atoms with van der Waals surface area (Å²) in [6, 6.07) is 7.26. The summed E-state index contributed by atoms with van der Waals surface area (Å²) in [4.78, 5) is 19.2. The molecule has 6 heteroatoms. The molecule has 158 valence electrons. The molecule has 0 aromatic heterocycles. The quantitative estimate of drug-likeness (QED) is 0.392. The van der Waals surface area contributed by atoms with Crippen LogP contribution in [0.15, 0.2) is 53.8 Å². The van der Waals surface area contributed by atoms with Gasteiger partial charge in [-0.05, 0) is 64.8 Å². The van der Waals surface area contributed by atoms with Crippen LogP contribution in [0.25, 0.3) is 0 Å². The van der Waals surface area contributed by atoms with Crippen molar-refractivity contribution in [2.24, 2.45) is 16.6 Å². The van der Waals surface area contributed by atoms with Crippen LogP contribution in [0.1, 0.15) is 50.4 Å². The van der Waals surface area contributed by atoms with Crippen molar-refractivity contribution in [2.75, 3.05) is 19.6 Å². The summed E-state index contributed by atoms with van der Waals surface area (Å²) < 4.78 is 5.94. The van der Waals surface area contributed by atoms with E-state index in [1.807, 2.05) is 32.9 Å². The lowest BCUT2D eigenvalue weighted by Gasteiger charge is -2.33. The van der Waals surface area contributed by atoms with Crippen LogP contribution in [0.4, 0.5) is 0 Å². The number of rotatable bonds is 7. The summed E-state index contributed by atoms with van der Waals surface area (Å²) in [5.74, 6) is 1.01. The largest absolute Gasteiger partial charge is 0.472 e. The Morgan fingerprint density at radius 1 is 1.34 bits per heavy atom. The number of Topliss-reactive ketones (excluding diaryl/α,β-unsaturated/α-hetero) is 1. The molecule has 0 unspecified atom stereocenters. The number of ether oxygens (including phenoxy) is 1. The standard InChI is InChI=1S/C23H32ClN3O2/c1-17(22(26-12-11-25)29-23(2,3)4)16-27-13-9-18(10-14-27)15-21(28)19-7-5-6-8-20(19)24/h5-8,11-12,18H,1,9-10,13-16,25H2,2-4H3/b12-11-,26-22?. The number of ketones is 1. The average molecular weight is 418 g/mol. The molecule has 29 heavy (non-hydrogen) atoms. The van der Waals surface area contributed by atoms with Gasteiger partial charge in [-0.25, -0.2) is 4.99 Å². The normalized spacial score (nSPS) is 16.9. The van der Waals surface area contributed by atoms with Crippen molar-refractivity contribution in [2.45, 2.75) is 45.6 Å². The van der Waals surface area contributed by atoms with Crippen molar-refractivity contribution in [3.8, 4) is 0 Å². The lowest BCUT2D eigenvalue weighted by atomic mass is 9.89. The predicted molar refractivity (Wildman–Crippen MR) is 120 cm³/mol. The third-order valence-electron chi connectivity index (χ3n) is 4.75. The predicted octanol–water partition coefficient (Wildman–Crippen LogP) is 4.82. The molecule has 0 radical (unpaired) electrons. The Kier molecular flexibility index (Phi) is 8.47. The number of halogens is 1. The number of hydrogen-bond donors (Lipinski definition) is 1. The van der Waals surface area contributed by atoms with Gasteiger partial charge < -0.3 is 10.5 Å². The van der Waals surface area contributed by atoms with Gasteiger partial charge in [0.25, 0.3) is 0 Å². The molecule has 0 aliphatic carbocycles. The lowest BCUT2D eigenvalue weighted by molar-refractivity contribution is 0.0931. The Hall–Kier alpha value is -2.11. The maximum Gasteiger partial charge on any atom is 0.217 e. The van der Waals surface area contributed by atoms with Gasteiger partial charge in [0.1, 0.15) is 5.60 Å². The number of carbonyl (C=O) groups is 1. The molecule has 0 saturated carbocycles. The number of benzene rings is 1. The van der Waals surface area contributed by atoms with E-state index in [0.717, 1.165) is 31.5 Å². The first kappa shape index (κ1) is 23.2. The maximum atomic E-state index is 12.6. The average Bonchev–Trinajstić information content (AvgIpc) is 2.66. The van der Waals surface area contributed by atoms with E-state index in [1.54, 1.807) is 12.1 Å². The first-order valence-corrected chi connectivity index (χ1v) is 10.4. The van der Waals surface area contributed by atoms with Crippen molar-refractivity contribution in [3.63, 3.8) is 0 Å². The summed E-state index contributed by atoms with van der Waals surface area (Å²) in [5.41, 5.74) is 6.49. The third kappa shape index (κ3) is 7.67. The van der Waals surface area contributed by atoms with Crippen LogP contribution in [0, 0.1) is 5.92 Å². The Morgan fingerprint density at radius 3 is 2.59 bits per heavy atom. The van der Waals surface area contributed by atoms with E-state index in [1.165, 1.54) is 12.4 Å². The van der Waals surface area contributed by atoms with Crippen LogP contribution in [-0.2, 0) is 4.74 Å². The molecule has 0 atom stereocenters. The first-order valence-electron chi connectivity index (χ1n) is 10.0. The Bertz CT molecular complexity index is 773. The first-order chi connectivity index (χ1) is 13.7. The van der Waals surface area contributed by atoms with Gasteiger partial charge in [0.05, 0.1) is 5.02 Å². The van der Waals surface area contributed by atoms with Crippen molar-refractivity contribution >= 4 is 23.3 Å². The highest BCUT2D eigenvalue weighted by atomic mass is 35.5. The van der Waals surface area contributed by atoms with E-state index in [4.69, 9.17) is 22.1 Å². The van der Waals surface area contributed by atoms with Gasteiger partial charge in [-0.1, -0.05) is 30.3 Å². The van der Waals surface area contributed by atoms with Crippen LogP contribution >= 0.6 is 11.6 Å². The van der Waals surface area contributed by atoms with E-state index in [0.29, 0.717) is 35.4 Å². The number of aliphatic imine (C=N–C) groups is 1. The van der Waals surface area contributed by atoms with Crippen LogP contribution in [-0.4, -0.2) is 41.8 Å². The van der Waals surface area contributed by atoms with Crippen LogP contribution < -0.4 is 5.73 Å². The number of nitrogens with zero attached hydrogens (tertiary/aromatic N) is 2. The summed E-state index contributed by atoms with van der Waals surface area (Å²) in [5, 5.41) is 0.531. The van der Waals surface area contributed by atoms with Gasteiger partial charge in [0.15, 0.2) is 5.78 Å². The highest BCUT2D eigenvalue weighted by Gasteiger charge is 2.25. The molecule has 1 aromatic carbocycles. The fourth-order valence-corrected chi connectivity index (χ4v) is 3.58. The monoisotopic (exact) mass is 417 g/mol.